The number of amides is 2. The summed E-state index contributed by atoms with van der Waals surface area (Å²) in [4.78, 5) is 24.0. The van der Waals surface area contributed by atoms with E-state index in [4.69, 9.17) is 9.84 Å². The van der Waals surface area contributed by atoms with Gasteiger partial charge in [0.1, 0.15) is 0 Å². The highest BCUT2D eigenvalue weighted by Gasteiger charge is 2.23. The molecule has 0 aliphatic rings. The molecular formula is C10H20N2O4S. The average Bonchev–Trinajstić information content (AvgIpc) is 2.27. The molecule has 0 aromatic carbocycles. The monoisotopic (exact) mass is 264 g/mol. The number of rotatable bonds is 7. The summed E-state index contributed by atoms with van der Waals surface area (Å²) in [5, 5.41) is 11.3. The zero-order valence-corrected chi connectivity index (χ0v) is 11.4. The van der Waals surface area contributed by atoms with Crippen molar-refractivity contribution in [2.75, 3.05) is 32.8 Å². The molecule has 100 valence electrons. The average molecular weight is 264 g/mol. The molecule has 0 saturated heterocycles. The first-order chi connectivity index (χ1) is 7.93. The van der Waals surface area contributed by atoms with E-state index >= 15 is 0 Å². The van der Waals surface area contributed by atoms with Crippen LogP contribution in [0.15, 0.2) is 0 Å². The highest BCUT2D eigenvalue weighted by molar-refractivity contribution is 7.98. The van der Waals surface area contributed by atoms with E-state index < -0.39 is 18.0 Å². The third-order valence-electron chi connectivity index (χ3n) is 2.32. The fourth-order valence-corrected chi connectivity index (χ4v) is 1.85. The first-order valence-corrected chi connectivity index (χ1v) is 6.57. The molecule has 0 radical (unpaired) electrons. The lowest BCUT2D eigenvalue weighted by Crippen LogP contribution is -2.51. The van der Waals surface area contributed by atoms with Crippen LogP contribution in [0.25, 0.3) is 0 Å². The van der Waals surface area contributed by atoms with Crippen LogP contribution in [0.2, 0.25) is 0 Å². The van der Waals surface area contributed by atoms with Crippen LogP contribution in [0.3, 0.4) is 0 Å². The molecule has 0 aliphatic heterocycles. The standard InChI is InChI=1S/C10H20N2O4S/c1-7(6-17-4)12(2)10(15)11-8(5-16-3)9(13)14/h7-8H,5-6H2,1-4H3,(H,11,15)(H,13,14). The Bertz CT molecular complexity index is 263. The molecule has 0 spiro atoms. The maximum absolute atomic E-state index is 11.7. The van der Waals surface area contributed by atoms with Crippen LogP contribution >= 0.6 is 11.8 Å². The van der Waals surface area contributed by atoms with Gasteiger partial charge >= 0.3 is 12.0 Å². The van der Waals surface area contributed by atoms with Crippen molar-refractivity contribution in [1.29, 1.82) is 0 Å². The van der Waals surface area contributed by atoms with Gasteiger partial charge in [0.25, 0.3) is 0 Å². The molecule has 2 atom stereocenters. The van der Waals surface area contributed by atoms with Gasteiger partial charge in [0.05, 0.1) is 6.61 Å². The molecule has 0 fully saturated rings. The van der Waals surface area contributed by atoms with Crippen LogP contribution < -0.4 is 5.32 Å². The van der Waals surface area contributed by atoms with Crippen LogP contribution in [-0.2, 0) is 9.53 Å². The highest BCUT2D eigenvalue weighted by atomic mass is 32.2. The topological polar surface area (TPSA) is 78.9 Å². The van der Waals surface area contributed by atoms with Gasteiger partial charge in [-0.15, -0.1) is 0 Å². The Labute approximate surface area is 106 Å². The molecule has 0 bridgehead atoms. The summed E-state index contributed by atoms with van der Waals surface area (Å²) >= 11 is 1.63. The number of carbonyl (C=O) groups is 2. The molecule has 0 aromatic heterocycles. The second-order valence-electron chi connectivity index (χ2n) is 3.71. The minimum absolute atomic E-state index is 0.0435. The molecule has 2 amide bonds. The third-order valence-corrected chi connectivity index (χ3v) is 3.13. The zero-order valence-electron chi connectivity index (χ0n) is 10.6. The molecule has 6 nitrogen and oxygen atoms in total. The zero-order chi connectivity index (χ0) is 13.4. The number of carbonyl (C=O) groups excluding carboxylic acids is 1. The van der Waals surface area contributed by atoms with Gasteiger partial charge in [0.15, 0.2) is 6.04 Å². The summed E-state index contributed by atoms with van der Waals surface area (Å²) in [5.74, 6) is -0.308. The second-order valence-corrected chi connectivity index (χ2v) is 4.62. The maximum Gasteiger partial charge on any atom is 0.328 e. The van der Waals surface area contributed by atoms with E-state index in [0.717, 1.165) is 5.75 Å². The fourth-order valence-electron chi connectivity index (χ4n) is 1.15. The first kappa shape index (κ1) is 16.1. The molecule has 0 rings (SSSR count). The van der Waals surface area contributed by atoms with Gasteiger partial charge in [0, 0.05) is 26.0 Å². The Morgan fingerprint density at radius 1 is 1.53 bits per heavy atom. The quantitative estimate of drug-likeness (QED) is 0.699. The molecule has 0 saturated carbocycles. The van der Waals surface area contributed by atoms with Crippen LogP contribution in [0.4, 0.5) is 4.79 Å². The van der Waals surface area contributed by atoms with Gasteiger partial charge in [0.2, 0.25) is 0 Å². The van der Waals surface area contributed by atoms with Gasteiger partial charge in [-0.3, -0.25) is 0 Å². The highest BCUT2D eigenvalue weighted by Crippen LogP contribution is 2.04. The number of carboxylic acids is 1. The number of hydrogen-bond donors (Lipinski definition) is 2. The molecule has 0 aliphatic carbocycles. The van der Waals surface area contributed by atoms with E-state index in [9.17, 15) is 9.59 Å². The number of ether oxygens (including phenoxy) is 1. The summed E-state index contributed by atoms with van der Waals surface area (Å²) in [6.45, 7) is 1.86. The largest absolute Gasteiger partial charge is 0.480 e. The Kier molecular flexibility index (Phi) is 7.73. The summed E-state index contributed by atoms with van der Waals surface area (Å²) in [7, 11) is 3.03. The number of carboxylic acid groups (broad SMARTS) is 1. The third kappa shape index (κ3) is 5.78. The Balaban J connectivity index is 4.34. The van der Waals surface area contributed by atoms with Gasteiger partial charge in [-0.2, -0.15) is 11.8 Å². The van der Waals surface area contributed by atoms with Crippen molar-refractivity contribution in [3.63, 3.8) is 0 Å². The number of aliphatic carboxylic acids is 1. The van der Waals surface area contributed by atoms with Crippen LogP contribution in [0.5, 0.6) is 0 Å². The lowest BCUT2D eigenvalue weighted by molar-refractivity contribution is -0.140. The summed E-state index contributed by atoms with van der Waals surface area (Å²) < 4.78 is 4.74. The van der Waals surface area contributed by atoms with E-state index in [1.54, 1.807) is 18.8 Å². The van der Waals surface area contributed by atoms with Crippen molar-refractivity contribution in [2.24, 2.45) is 0 Å². The predicted octanol–water partition coefficient (Wildman–Crippen LogP) is 0.479. The Morgan fingerprint density at radius 2 is 2.12 bits per heavy atom. The molecule has 7 heteroatoms. The normalized spacial score (nSPS) is 13.9. The number of thioether (sulfide) groups is 1. The van der Waals surface area contributed by atoms with Crippen molar-refractivity contribution in [3.8, 4) is 0 Å². The summed E-state index contributed by atoms with van der Waals surface area (Å²) in [6, 6.07) is -1.38. The van der Waals surface area contributed by atoms with E-state index in [1.807, 2.05) is 13.2 Å². The van der Waals surface area contributed by atoms with Crippen LogP contribution in [0, 0.1) is 0 Å². The Hall–Kier alpha value is -0.950. The Morgan fingerprint density at radius 3 is 2.53 bits per heavy atom. The lowest BCUT2D eigenvalue weighted by Gasteiger charge is -2.26. The predicted molar refractivity (Wildman–Crippen MR) is 67.4 cm³/mol. The number of nitrogens with one attached hydrogen (secondary N) is 1. The number of nitrogens with zero attached hydrogens (tertiary/aromatic N) is 1. The van der Waals surface area contributed by atoms with E-state index in [0.29, 0.717) is 0 Å². The smallest absolute Gasteiger partial charge is 0.328 e. The van der Waals surface area contributed by atoms with E-state index in [1.165, 1.54) is 12.0 Å². The van der Waals surface area contributed by atoms with E-state index in [-0.39, 0.29) is 12.6 Å². The number of methoxy groups -OCH3 is 1. The van der Waals surface area contributed by atoms with Crippen molar-refractivity contribution < 1.29 is 19.4 Å². The number of urea groups is 1. The van der Waals surface area contributed by atoms with Crippen molar-refractivity contribution >= 4 is 23.8 Å². The second kappa shape index (κ2) is 8.19. The molecule has 0 heterocycles. The number of hydrogen-bond acceptors (Lipinski definition) is 4. The minimum atomic E-state index is -1.11. The molecule has 2 N–H and O–H groups in total. The maximum atomic E-state index is 11.7. The van der Waals surface area contributed by atoms with Crippen LogP contribution in [-0.4, -0.2) is 66.9 Å². The molecular weight excluding hydrogens is 244 g/mol. The van der Waals surface area contributed by atoms with Gasteiger partial charge in [-0.25, -0.2) is 9.59 Å². The van der Waals surface area contributed by atoms with E-state index in [2.05, 4.69) is 5.32 Å². The lowest BCUT2D eigenvalue weighted by atomic mass is 10.3. The SMILES string of the molecule is COCC(NC(=O)N(C)C(C)CSC)C(=O)O. The minimum Gasteiger partial charge on any atom is -0.480 e. The summed E-state index contributed by atoms with van der Waals surface area (Å²) in [5.41, 5.74) is 0. The van der Waals surface area contributed by atoms with Crippen molar-refractivity contribution in [1.82, 2.24) is 10.2 Å². The van der Waals surface area contributed by atoms with Gasteiger partial charge < -0.3 is 20.1 Å². The molecule has 17 heavy (non-hydrogen) atoms. The first-order valence-electron chi connectivity index (χ1n) is 5.18. The summed E-state index contributed by atoms with van der Waals surface area (Å²) in [6.07, 6.45) is 1.95. The van der Waals surface area contributed by atoms with Gasteiger partial charge in [-0.05, 0) is 13.2 Å². The fraction of sp³-hybridized carbons (Fsp3) is 0.800. The van der Waals surface area contributed by atoms with Gasteiger partial charge in [-0.1, -0.05) is 0 Å². The van der Waals surface area contributed by atoms with Crippen molar-refractivity contribution in [2.45, 2.75) is 19.0 Å². The van der Waals surface area contributed by atoms with Crippen LogP contribution in [0.1, 0.15) is 6.92 Å². The molecule has 2 unspecified atom stereocenters. The molecule has 0 aromatic rings. The van der Waals surface area contributed by atoms with Crippen molar-refractivity contribution in [3.05, 3.63) is 0 Å².